The van der Waals surface area contributed by atoms with Crippen LogP contribution in [0.2, 0.25) is 0 Å². The Balaban J connectivity index is 2.72. The van der Waals surface area contributed by atoms with Crippen LogP contribution in [0, 0.1) is 5.41 Å². The molecule has 3 N–H and O–H groups in total. The maximum atomic E-state index is 8.71. The first-order valence-electron chi connectivity index (χ1n) is 6.60. The summed E-state index contributed by atoms with van der Waals surface area (Å²) in [5.41, 5.74) is 7.36. The van der Waals surface area contributed by atoms with Gasteiger partial charge in [-0.1, -0.05) is 25.9 Å². The first kappa shape index (κ1) is 16.3. The largest absolute Gasteiger partial charge is 0.496 e. The summed E-state index contributed by atoms with van der Waals surface area (Å²) in [4.78, 5) is 0. The van der Waals surface area contributed by atoms with Crippen molar-refractivity contribution in [2.24, 2.45) is 16.3 Å². The quantitative estimate of drug-likeness (QED) is 0.276. The second-order valence-electron chi connectivity index (χ2n) is 5.88. The lowest BCUT2D eigenvalue weighted by Gasteiger charge is -2.18. The Morgan fingerprint density at radius 2 is 2.05 bits per heavy atom. The zero-order chi connectivity index (χ0) is 15.2. The molecular formula is C15H24N2O3. The standard InChI is InChI=1S/C15H24N2O3/c1-15(2,3)7-8-20-10-12-9-11(14(16)17-18)5-6-13(12)19-4/h5-6,9,18H,7-8,10H2,1-4H3,(H2,16,17). The third-order valence-electron chi connectivity index (χ3n) is 2.94. The van der Waals surface area contributed by atoms with Gasteiger partial charge in [-0.3, -0.25) is 0 Å². The molecule has 0 aromatic heterocycles. The molecule has 0 atom stereocenters. The molecule has 1 aromatic carbocycles. The van der Waals surface area contributed by atoms with Gasteiger partial charge in [0, 0.05) is 17.7 Å². The van der Waals surface area contributed by atoms with E-state index in [9.17, 15) is 0 Å². The predicted octanol–water partition coefficient (Wildman–Crippen LogP) is 2.74. The minimum absolute atomic E-state index is 0.0728. The van der Waals surface area contributed by atoms with Gasteiger partial charge in [0.1, 0.15) is 5.75 Å². The van der Waals surface area contributed by atoms with Gasteiger partial charge in [0.15, 0.2) is 5.84 Å². The number of amidine groups is 1. The van der Waals surface area contributed by atoms with Crippen LogP contribution in [0.5, 0.6) is 5.75 Å². The van der Waals surface area contributed by atoms with Crippen LogP contribution in [0.15, 0.2) is 23.4 Å². The predicted molar refractivity (Wildman–Crippen MR) is 79.2 cm³/mol. The van der Waals surface area contributed by atoms with Gasteiger partial charge in [-0.15, -0.1) is 0 Å². The van der Waals surface area contributed by atoms with E-state index in [0.717, 1.165) is 17.7 Å². The van der Waals surface area contributed by atoms with E-state index in [4.69, 9.17) is 20.4 Å². The summed E-state index contributed by atoms with van der Waals surface area (Å²) in [5.74, 6) is 0.804. The summed E-state index contributed by atoms with van der Waals surface area (Å²) in [6.45, 7) is 7.65. The molecule has 1 rings (SSSR count). The van der Waals surface area contributed by atoms with Crippen molar-refractivity contribution >= 4 is 5.84 Å². The van der Waals surface area contributed by atoms with Crippen LogP contribution in [0.3, 0.4) is 0 Å². The topological polar surface area (TPSA) is 77.1 Å². The highest BCUT2D eigenvalue weighted by molar-refractivity contribution is 5.97. The zero-order valence-electron chi connectivity index (χ0n) is 12.6. The third-order valence-corrected chi connectivity index (χ3v) is 2.94. The smallest absolute Gasteiger partial charge is 0.170 e. The molecule has 0 unspecified atom stereocenters. The lowest BCUT2D eigenvalue weighted by molar-refractivity contribution is 0.0948. The van der Waals surface area contributed by atoms with Crippen LogP contribution in [0.1, 0.15) is 38.3 Å². The summed E-state index contributed by atoms with van der Waals surface area (Å²) in [7, 11) is 1.61. The van der Waals surface area contributed by atoms with E-state index in [1.807, 2.05) is 6.07 Å². The second kappa shape index (κ2) is 7.14. The Morgan fingerprint density at radius 1 is 1.35 bits per heavy atom. The molecule has 0 aliphatic carbocycles. The van der Waals surface area contributed by atoms with Crippen molar-refractivity contribution in [2.45, 2.75) is 33.8 Å². The Bertz CT molecular complexity index is 465. The number of rotatable bonds is 6. The molecular weight excluding hydrogens is 256 g/mol. The maximum absolute atomic E-state index is 8.71. The number of benzene rings is 1. The molecule has 0 bridgehead atoms. The Labute approximate surface area is 120 Å². The highest BCUT2D eigenvalue weighted by Gasteiger charge is 2.11. The fourth-order valence-corrected chi connectivity index (χ4v) is 1.67. The minimum atomic E-state index is 0.0728. The Kier molecular flexibility index (Phi) is 5.82. The Morgan fingerprint density at radius 3 is 2.60 bits per heavy atom. The number of nitrogens with two attached hydrogens (primary N) is 1. The first-order valence-corrected chi connectivity index (χ1v) is 6.60. The van der Waals surface area contributed by atoms with Crippen molar-refractivity contribution in [3.63, 3.8) is 0 Å². The summed E-state index contributed by atoms with van der Waals surface area (Å²) in [6.07, 6.45) is 0.981. The summed E-state index contributed by atoms with van der Waals surface area (Å²) in [6, 6.07) is 5.34. The van der Waals surface area contributed by atoms with E-state index in [0.29, 0.717) is 18.8 Å². The van der Waals surface area contributed by atoms with Crippen molar-refractivity contribution in [3.05, 3.63) is 29.3 Å². The zero-order valence-corrected chi connectivity index (χ0v) is 12.6. The van der Waals surface area contributed by atoms with Crippen LogP contribution in [-0.2, 0) is 11.3 Å². The van der Waals surface area contributed by atoms with Gasteiger partial charge in [0.25, 0.3) is 0 Å². The summed E-state index contributed by atoms with van der Waals surface area (Å²) < 4.78 is 11.0. The molecule has 1 aromatic rings. The van der Waals surface area contributed by atoms with Crippen molar-refractivity contribution < 1.29 is 14.7 Å². The van der Waals surface area contributed by atoms with Gasteiger partial charge in [0.05, 0.1) is 13.7 Å². The highest BCUT2D eigenvalue weighted by atomic mass is 16.5. The van der Waals surface area contributed by atoms with E-state index in [1.54, 1.807) is 19.2 Å². The van der Waals surface area contributed by atoms with Gasteiger partial charge < -0.3 is 20.4 Å². The molecule has 0 saturated carbocycles. The number of nitrogens with zero attached hydrogens (tertiary/aromatic N) is 1. The molecule has 0 fully saturated rings. The molecule has 112 valence electrons. The van der Waals surface area contributed by atoms with Crippen molar-refractivity contribution in [2.75, 3.05) is 13.7 Å². The fourth-order valence-electron chi connectivity index (χ4n) is 1.67. The molecule has 0 amide bonds. The van der Waals surface area contributed by atoms with Gasteiger partial charge in [-0.25, -0.2) is 0 Å². The molecule has 0 radical (unpaired) electrons. The average molecular weight is 280 g/mol. The normalized spacial score (nSPS) is 12.5. The van der Waals surface area contributed by atoms with Crippen molar-refractivity contribution in [3.8, 4) is 5.75 Å². The molecule has 5 nitrogen and oxygen atoms in total. The minimum Gasteiger partial charge on any atom is -0.496 e. The van der Waals surface area contributed by atoms with E-state index in [1.165, 1.54) is 0 Å². The van der Waals surface area contributed by atoms with Crippen LogP contribution in [0.4, 0.5) is 0 Å². The highest BCUT2D eigenvalue weighted by Crippen LogP contribution is 2.22. The average Bonchev–Trinajstić information content (AvgIpc) is 2.41. The molecule has 0 aliphatic rings. The molecule has 0 aliphatic heterocycles. The van der Waals surface area contributed by atoms with Crippen LogP contribution >= 0.6 is 0 Å². The number of hydrogen-bond donors (Lipinski definition) is 2. The van der Waals surface area contributed by atoms with Crippen LogP contribution in [0.25, 0.3) is 0 Å². The molecule has 0 saturated heterocycles. The summed E-state index contributed by atoms with van der Waals surface area (Å²) in [5, 5.41) is 11.7. The summed E-state index contributed by atoms with van der Waals surface area (Å²) >= 11 is 0. The van der Waals surface area contributed by atoms with Crippen molar-refractivity contribution in [1.29, 1.82) is 0 Å². The monoisotopic (exact) mass is 280 g/mol. The van der Waals surface area contributed by atoms with E-state index in [-0.39, 0.29) is 11.3 Å². The maximum Gasteiger partial charge on any atom is 0.170 e. The van der Waals surface area contributed by atoms with Crippen molar-refractivity contribution in [1.82, 2.24) is 0 Å². The van der Waals surface area contributed by atoms with E-state index < -0.39 is 0 Å². The number of oxime groups is 1. The van der Waals surface area contributed by atoms with Crippen LogP contribution in [-0.4, -0.2) is 24.8 Å². The Hall–Kier alpha value is -1.75. The van der Waals surface area contributed by atoms with E-state index >= 15 is 0 Å². The number of methoxy groups -OCH3 is 1. The molecule has 5 heteroatoms. The molecule has 0 spiro atoms. The molecule has 20 heavy (non-hydrogen) atoms. The lowest BCUT2D eigenvalue weighted by Crippen LogP contribution is -2.14. The van der Waals surface area contributed by atoms with Gasteiger partial charge in [-0.2, -0.15) is 0 Å². The molecule has 0 heterocycles. The third kappa shape index (κ3) is 5.09. The number of ether oxygens (including phenoxy) is 2. The van der Waals surface area contributed by atoms with Gasteiger partial charge in [-0.05, 0) is 30.0 Å². The van der Waals surface area contributed by atoms with E-state index in [2.05, 4.69) is 25.9 Å². The lowest BCUT2D eigenvalue weighted by atomic mass is 9.93. The van der Waals surface area contributed by atoms with Gasteiger partial charge >= 0.3 is 0 Å². The number of hydrogen-bond acceptors (Lipinski definition) is 4. The van der Waals surface area contributed by atoms with Gasteiger partial charge in [0.2, 0.25) is 0 Å². The van der Waals surface area contributed by atoms with Crippen LogP contribution < -0.4 is 10.5 Å². The SMILES string of the molecule is COc1ccc(/C(N)=N/O)cc1COCCC(C)(C)C. The second-order valence-corrected chi connectivity index (χ2v) is 5.88. The fraction of sp³-hybridized carbons (Fsp3) is 0.533. The first-order chi connectivity index (χ1) is 9.37.